The van der Waals surface area contributed by atoms with E-state index in [1.54, 1.807) is 0 Å². The first-order valence-corrected chi connectivity index (χ1v) is 7.90. The summed E-state index contributed by atoms with van der Waals surface area (Å²) in [6.45, 7) is 2.82. The largest absolute Gasteiger partial charge is 0.492 e. The zero-order valence-corrected chi connectivity index (χ0v) is 14.3. The van der Waals surface area contributed by atoms with Gasteiger partial charge in [0.25, 0.3) is 0 Å². The molecule has 0 heterocycles. The van der Waals surface area contributed by atoms with Crippen LogP contribution in [-0.2, 0) is 6.42 Å². The molecular weight excluding hydrogens is 316 g/mol. The predicted molar refractivity (Wildman–Crippen MR) is 103 cm³/mol. The highest BCUT2D eigenvalue weighted by molar-refractivity contribution is 5.92. The van der Waals surface area contributed by atoms with E-state index in [1.807, 2.05) is 36.4 Å². The van der Waals surface area contributed by atoms with E-state index in [9.17, 15) is 0 Å². The van der Waals surface area contributed by atoms with Gasteiger partial charge in [-0.05, 0) is 54.3 Å². The van der Waals surface area contributed by atoms with Crippen molar-refractivity contribution < 1.29 is 4.74 Å². The molecule has 0 saturated carbocycles. The van der Waals surface area contributed by atoms with Crippen molar-refractivity contribution in [1.82, 2.24) is 0 Å². The third kappa shape index (κ3) is 6.06. The van der Waals surface area contributed by atoms with Gasteiger partial charge in [0.2, 0.25) is 5.96 Å². The van der Waals surface area contributed by atoms with E-state index in [4.69, 9.17) is 27.7 Å². The number of anilines is 1. The van der Waals surface area contributed by atoms with E-state index in [-0.39, 0.29) is 11.9 Å². The second-order valence-electron chi connectivity index (χ2n) is 5.63. The molecule has 2 aromatic rings. The van der Waals surface area contributed by atoms with Crippen molar-refractivity contribution >= 4 is 17.6 Å². The first kappa shape index (κ1) is 18.1. The number of nitrogens with two attached hydrogens (primary N) is 4. The molecule has 25 heavy (non-hydrogen) atoms. The number of hydrogen-bond donors (Lipinski definition) is 4. The van der Waals surface area contributed by atoms with Crippen LogP contribution in [0.15, 0.2) is 52.4 Å². The van der Waals surface area contributed by atoms with E-state index in [2.05, 4.69) is 23.0 Å². The lowest BCUT2D eigenvalue weighted by Gasteiger charge is -2.10. The Balaban J connectivity index is 1.91. The quantitative estimate of drug-likeness (QED) is 0.270. The van der Waals surface area contributed by atoms with Crippen molar-refractivity contribution in [2.45, 2.75) is 13.3 Å². The average Bonchev–Trinajstić information content (AvgIpc) is 2.55. The Morgan fingerprint density at radius 1 is 1.04 bits per heavy atom. The molecule has 2 rings (SSSR count). The summed E-state index contributed by atoms with van der Waals surface area (Å²) in [6.07, 6.45) is 0.853. The maximum atomic E-state index is 5.72. The highest BCUT2D eigenvalue weighted by Crippen LogP contribution is 2.20. The Kier molecular flexibility index (Phi) is 6.22. The molecule has 2 aromatic carbocycles. The molecule has 0 aliphatic rings. The van der Waals surface area contributed by atoms with Crippen LogP contribution in [0.2, 0.25) is 0 Å². The third-order valence-corrected chi connectivity index (χ3v) is 3.57. The molecule has 0 radical (unpaired) electrons. The molecule has 0 atom stereocenters. The Morgan fingerprint density at radius 2 is 1.76 bits per heavy atom. The molecule has 0 unspecified atom stereocenters. The van der Waals surface area contributed by atoms with Gasteiger partial charge in [-0.1, -0.05) is 18.2 Å². The normalized spacial score (nSPS) is 11.2. The number of ether oxygens (including phenoxy) is 1. The van der Waals surface area contributed by atoms with Crippen LogP contribution in [0.1, 0.15) is 16.7 Å². The summed E-state index contributed by atoms with van der Waals surface area (Å²) in [5.41, 5.74) is 26.1. The Morgan fingerprint density at radius 3 is 2.40 bits per heavy atom. The minimum atomic E-state index is -0.116. The summed E-state index contributed by atoms with van der Waals surface area (Å²) in [5, 5.41) is 0. The van der Waals surface area contributed by atoms with E-state index in [0.717, 1.165) is 23.4 Å². The number of nitrogens with zero attached hydrogens (tertiary/aromatic N) is 2. The van der Waals surface area contributed by atoms with Gasteiger partial charge >= 0.3 is 0 Å². The number of hydrogen-bond acceptors (Lipinski definition) is 3. The van der Waals surface area contributed by atoms with E-state index >= 15 is 0 Å². The number of aliphatic imine (C=N–C) groups is 2. The van der Waals surface area contributed by atoms with Crippen molar-refractivity contribution in [3.63, 3.8) is 0 Å². The van der Waals surface area contributed by atoms with E-state index in [0.29, 0.717) is 13.2 Å². The topological polar surface area (TPSA) is 138 Å². The Hall–Kier alpha value is -3.22. The minimum Gasteiger partial charge on any atom is -0.492 e. The van der Waals surface area contributed by atoms with Gasteiger partial charge in [-0.25, -0.2) is 4.99 Å². The molecule has 0 saturated heterocycles. The lowest BCUT2D eigenvalue weighted by molar-refractivity contribution is 0.328. The molecule has 7 heteroatoms. The van der Waals surface area contributed by atoms with Gasteiger partial charge < -0.3 is 27.7 Å². The fourth-order valence-electron chi connectivity index (χ4n) is 2.30. The van der Waals surface area contributed by atoms with Crippen molar-refractivity contribution in [3.05, 3.63) is 59.2 Å². The van der Waals surface area contributed by atoms with Crippen LogP contribution in [-0.4, -0.2) is 25.1 Å². The predicted octanol–water partition coefficient (Wildman–Crippen LogP) is 1.13. The van der Waals surface area contributed by atoms with Crippen LogP contribution in [0.4, 0.5) is 5.69 Å². The van der Waals surface area contributed by atoms with Crippen molar-refractivity contribution in [1.29, 1.82) is 0 Å². The molecule has 0 spiro atoms. The first-order valence-electron chi connectivity index (χ1n) is 7.90. The SMILES string of the molecule is Cc1cc(OCCN=C(N)N=C(N)N)ccc1Cc1ccc(N)cc1. The van der Waals surface area contributed by atoms with Gasteiger partial charge in [0, 0.05) is 5.69 Å². The molecule has 0 bridgehead atoms. The Bertz CT molecular complexity index is 764. The van der Waals surface area contributed by atoms with Crippen LogP contribution in [0.25, 0.3) is 0 Å². The highest BCUT2D eigenvalue weighted by atomic mass is 16.5. The lowest BCUT2D eigenvalue weighted by atomic mass is 10.0. The number of nitrogen functional groups attached to an aromatic ring is 1. The number of rotatable bonds is 6. The van der Waals surface area contributed by atoms with Crippen molar-refractivity contribution in [2.24, 2.45) is 27.2 Å². The summed E-state index contributed by atoms with van der Waals surface area (Å²) < 4.78 is 5.67. The molecule has 7 nitrogen and oxygen atoms in total. The molecule has 0 fully saturated rings. The second-order valence-corrected chi connectivity index (χ2v) is 5.63. The third-order valence-electron chi connectivity index (χ3n) is 3.57. The smallest absolute Gasteiger partial charge is 0.218 e. The summed E-state index contributed by atoms with van der Waals surface area (Å²) in [6, 6.07) is 13.9. The van der Waals surface area contributed by atoms with Crippen LogP contribution >= 0.6 is 0 Å². The first-order chi connectivity index (χ1) is 11.9. The van der Waals surface area contributed by atoms with Gasteiger partial charge in [-0.15, -0.1) is 0 Å². The summed E-state index contributed by atoms with van der Waals surface area (Å²) in [7, 11) is 0. The fourth-order valence-corrected chi connectivity index (χ4v) is 2.30. The van der Waals surface area contributed by atoms with E-state index in [1.165, 1.54) is 11.1 Å². The van der Waals surface area contributed by atoms with Crippen LogP contribution in [0, 0.1) is 6.92 Å². The summed E-state index contributed by atoms with van der Waals surface area (Å²) in [4.78, 5) is 7.62. The standard InChI is InChI=1S/C18H24N6O/c1-12-10-16(25-9-8-23-18(22)24-17(20)21)7-4-14(12)11-13-2-5-15(19)6-3-13/h2-7,10H,8-9,11,19H2,1H3,(H6,20,21,22,23,24). The molecular formula is C18H24N6O. The van der Waals surface area contributed by atoms with Crippen molar-refractivity contribution in [2.75, 3.05) is 18.9 Å². The lowest BCUT2D eigenvalue weighted by Crippen LogP contribution is -2.26. The van der Waals surface area contributed by atoms with Gasteiger partial charge in [0.1, 0.15) is 12.4 Å². The second kappa shape index (κ2) is 8.58. The fraction of sp³-hybridized carbons (Fsp3) is 0.222. The average molecular weight is 340 g/mol. The zero-order chi connectivity index (χ0) is 18.2. The molecule has 0 aromatic heterocycles. The van der Waals surface area contributed by atoms with Gasteiger partial charge in [-0.3, -0.25) is 0 Å². The van der Waals surface area contributed by atoms with Gasteiger partial charge in [0.15, 0.2) is 5.96 Å². The number of benzene rings is 2. The van der Waals surface area contributed by atoms with Crippen molar-refractivity contribution in [3.8, 4) is 5.75 Å². The highest BCUT2D eigenvalue weighted by Gasteiger charge is 2.03. The van der Waals surface area contributed by atoms with Crippen LogP contribution in [0.3, 0.4) is 0 Å². The summed E-state index contributed by atoms with van der Waals surface area (Å²) >= 11 is 0. The monoisotopic (exact) mass is 340 g/mol. The van der Waals surface area contributed by atoms with Crippen LogP contribution in [0.5, 0.6) is 5.75 Å². The maximum Gasteiger partial charge on any atom is 0.218 e. The molecule has 8 N–H and O–H groups in total. The number of guanidine groups is 2. The van der Waals surface area contributed by atoms with E-state index < -0.39 is 0 Å². The maximum absolute atomic E-state index is 5.72. The zero-order valence-electron chi connectivity index (χ0n) is 14.3. The molecule has 0 amide bonds. The molecule has 0 aliphatic carbocycles. The van der Waals surface area contributed by atoms with Gasteiger partial charge in [-0.2, -0.15) is 4.99 Å². The summed E-state index contributed by atoms with van der Waals surface area (Å²) in [5.74, 6) is 0.710. The Labute approximate surface area is 147 Å². The van der Waals surface area contributed by atoms with Gasteiger partial charge in [0.05, 0.1) is 6.54 Å². The number of aryl methyl sites for hydroxylation is 1. The van der Waals surface area contributed by atoms with Crippen LogP contribution < -0.4 is 27.7 Å². The minimum absolute atomic E-state index is 0.0404. The molecule has 0 aliphatic heterocycles. The molecule has 132 valence electrons.